The number of halogens is 1. The molecule has 2 aliphatic heterocycles. The van der Waals surface area contributed by atoms with Gasteiger partial charge in [-0.25, -0.2) is 0 Å². The summed E-state index contributed by atoms with van der Waals surface area (Å²) in [5.74, 6) is 0.213. The van der Waals surface area contributed by atoms with E-state index >= 15 is 0 Å². The van der Waals surface area contributed by atoms with Gasteiger partial charge in [-0.2, -0.15) is 0 Å². The topological polar surface area (TPSA) is 49.8 Å². The normalized spacial score (nSPS) is 22.2. The summed E-state index contributed by atoms with van der Waals surface area (Å²) in [6, 6.07) is 13.0. The predicted octanol–water partition coefficient (Wildman–Crippen LogP) is 4.49. The largest absolute Gasteiger partial charge is 0.481 e. The number of piperidine rings is 1. The van der Waals surface area contributed by atoms with E-state index in [0.717, 1.165) is 35.7 Å². The number of aliphatic carboxylic acids is 1. The van der Waals surface area contributed by atoms with Gasteiger partial charge in [-0.1, -0.05) is 29.8 Å². The van der Waals surface area contributed by atoms with Gasteiger partial charge in [0.2, 0.25) is 0 Å². The molecular formula is C18H16ClNO3. The minimum Gasteiger partial charge on any atom is -0.481 e. The fraction of sp³-hybridized carbons (Fsp3) is 0.278. The van der Waals surface area contributed by atoms with Crippen LogP contribution in [0.15, 0.2) is 42.5 Å². The Morgan fingerprint density at radius 2 is 2.04 bits per heavy atom. The Labute approximate surface area is 139 Å². The van der Waals surface area contributed by atoms with Crippen LogP contribution in [0, 0.1) is 5.92 Å². The van der Waals surface area contributed by atoms with Crippen molar-refractivity contribution >= 4 is 23.3 Å². The molecule has 2 atom stereocenters. The van der Waals surface area contributed by atoms with Crippen LogP contribution in [-0.4, -0.2) is 17.6 Å². The molecule has 23 heavy (non-hydrogen) atoms. The Morgan fingerprint density at radius 1 is 1.22 bits per heavy atom. The maximum Gasteiger partial charge on any atom is 0.308 e. The second-order valence-electron chi connectivity index (χ2n) is 5.98. The molecule has 0 aliphatic carbocycles. The molecule has 2 aliphatic rings. The third-order valence-electron chi connectivity index (χ3n) is 4.64. The van der Waals surface area contributed by atoms with Crippen molar-refractivity contribution in [3.63, 3.8) is 0 Å². The lowest BCUT2D eigenvalue weighted by molar-refractivity contribution is -0.143. The van der Waals surface area contributed by atoms with Gasteiger partial charge in [-0.3, -0.25) is 4.79 Å². The van der Waals surface area contributed by atoms with Crippen LogP contribution >= 0.6 is 11.6 Å². The molecule has 0 amide bonds. The van der Waals surface area contributed by atoms with E-state index in [1.54, 1.807) is 6.07 Å². The van der Waals surface area contributed by atoms with Gasteiger partial charge in [0.05, 0.1) is 17.6 Å². The van der Waals surface area contributed by atoms with E-state index in [4.69, 9.17) is 16.3 Å². The molecule has 2 heterocycles. The van der Waals surface area contributed by atoms with E-state index in [1.807, 2.05) is 36.4 Å². The summed E-state index contributed by atoms with van der Waals surface area (Å²) >= 11 is 6.17. The summed E-state index contributed by atoms with van der Waals surface area (Å²) < 4.78 is 6.08. The Morgan fingerprint density at radius 3 is 2.87 bits per heavy atom. The zero-order valence-corrected chi connectivity index (χ0v) is 13.2. The first-order valence-electron chi connectivity index (χ1n) is 7.71. The molecule has 1 saturated heterocycles. The first-order valence-corrected chi connectivity index (χ1v) is 8.09. The van der Waals surface area contributed by atoms with Crippen molar-refractivity contribution in [2.24, 2.45) is 5.92 Å². The molecule has 2 aromatic rings. The van der Waals surface area contributed by atoms with E-state index in [-0.39, 0.29) is 6.04 Å². The molecule has 0 radical (unpaired) electrons. The Hall–Kier alpha value is -2.20. The van der Waals surface area contributed by atoms with E-state index in [9.17, 15) is 9.90 Å². The standard InChI is InChI=1S/C18H16ClNO3/c19-11-7-8-16-14(10-11)20-9-3-5-13(18(21)22)17(20)12-4-1-2-6-15(12)23-16/h1-2,4,6-8,10,13,17H,3,5,9H2,(H,21,22). The first kappa shape index (κ1) is 14.4. The molecule has 1 fully saturated rings. The Balaban J connectivity index is 1.95. The van der Waals surface area contributed by atoms with Crippen molar-refractivity contribution in [3.8, 4) is 11.5 Å². The number of para-hydroxylation sites is 1. The fourth-order valence-electron chi connectivity index (χ4n) is 3.65. The monoisotopic (exact) mass is 329 g/mol. The van der Waals surface area contributed by atoms with Gasteiger partial charge >= 0.3 is 5.97 Å². The molecule has 0 aromatic heterocycles. The quantitative estimate of drug-likeness (QED) is 0.837. The number of carboxylic acid groups (broad SMARTS) is 1. The van der Waals surface area contributed by atoms with Crippen LogP contribution in [0.5, 0.6) is 11.5 Å². The number of hydrogen-bond donors (Lipinski definition) is 1. The van der Waals surface area contributed by atoms with Crippen LogP contribution in [0.25, 0.3) is 0 Å². The molecule has 1 N–H and O–H groups in total. The Kier molecular flexibility index (Phi) is 3.42. The minimum absolute atomic E-state index is 0.239. The van der Waals surface area contributed by atoms with Crippen LogP contribution in [0.3, 0.4) is 0 Å². The summed E-state index contributed by atoms with van der Waals surface area (Å²) in [4.78, 5) is 14.0. The van der Waals surface area contributed by atoms with Crippen molar-refractivity contribution in [3.05, 3.63) is 53.1 Å². The summed E-state index contributed by atoms with van der Waals surface area (Å²) in [6.07, 6.45) is 1.50. The zero-order chi connectivity index (χ0) is 16.0. The van der Waals surface area contributed by atoms with Crippen LogP contribution in [-0.2, 0) is 4.79 Å². The lowest BCUT2D eigenvalue weighted by Crippen LogP contribution is -2.41. The predicted molar refractivity (Wildman–Crippen MR) is 88.4 cm³/mol. The number of carboxylic acids is 1. The lowest BCUT2D eigenvalue weighted by Gasteiger charge is -2.40. The number of rotatable bonds is 1. The van der Waals surface area contributed by atoms with Gasteiger partial charge in [-0.15, -0.1) is 0 Å². The third-order valence-corrected chi connectivity index (χ3v) is 4.87. The molecule has 0 saturated carbocycles. The van der Waals surface area contributed by atoms with Gasteiger partial charge in [-0.05, 0) is 37.1 Å². The number of anilines is 1. The van der Waals surface area contributed by atoms with Crippen LogP contribution in [0.4, 0.5) is 5.69 Å². The van der Waals surface area contributed by atoms with Crippen molar-refractivity contribution < 1.29 is 14.6 Å². The summed E-state index contributed by atoms with van der Waals surface area (Å²) in [6.45, 7) is 0.791. The van der Waals surface area contributed by atoms with E-state index in [2.05, 4.69) is 4.90 Å². The van der Waals surface area contributed by atoms with Crippen molar-refractivity contribution in [1.29, 1.82) is 0 Å². The highest BCUT2D eigenvalue weighted by atomic mass is 35.5. The van der Waals surface area contributed by atoms with E-state index in [1.165, 1.54) is 0 Å². The first-order chi connectivity index (χ1) is 11.1. The highest BCUT2D eigenvalue weighted by Crippen LogP contribution is 2.49. The average Bonchev–Trinajstić information content (AvgIpc) is 2.69. The molecule has 0 spiro atoms. The van der Waals surface area contributed by atoms with Crippen LogP contribution in [0.2, 0.25) is 5.02 Å². The van der Waals surface area contributed by atoms with E-state index < -0.39 is 11.9 Å². The maximum atomic E-state index is 11.8. The SMILES string of the molecule is O=C(O)C1CCCN2c3cc(Cl)ccc3Oc3ccccc3C12. The Bertz CT molecular complexity index is 777. The smallest absolute Gasteiger partial charge is 0.308 e. The molecule has 0 bridgehead atoms. The maximum absolute atomic E-state index is 11.8. The number of hydrogen-bond acceptors (Lipinski definition) is 3. The number of benzene rings is 2. The average molecular weight is 330 g/mol. The summed E-state index contributed by atoms with van der Waals surface area (Å²) in [5.41, 5.74) is 1.79. The van der Waals surface area contributed by atoms with Crippen molar-refractivity contribution in [1.82, 2.24) is 0 Å². The molecule has 4 nitrogen and oxygen atoms in total. The second kappa shape index (κ2) is 5.46. The molecular weight excluding hydrogens is 314 g/mol. The van der Waals surface area contributed by atoms with Crippen LogP contribution < -0.4 is 9.64 Å². The zero-order valence-electron chi connectivity index (χ0n) is 12.4. The summed E-state index contributed by atoms with van der Waals surface area (Å²) in [5, 5.41) is 10.3. The van der Waals surface area contributed by atoms with Crippen molar-refractivity contribution in [2.75, 3.05) is 11.4 Å². The van der Waals surface area contributed by atoms with Gasteiger partial charge in [0.15, 0.2) is 5.75 Å². The highest BCUT2D eigenvalue weighted by molar-refractivity contribution is 6.31. The fourth-order valence-corrected chi connectivity index (χ4v) is 3.81. The molecule has 4 rings (SSSR count). The van der Waals surface area contributed by atoms with E-state index in [0.29, 0.717) is 11.4 Å². The number of fused-ring (bicyclic) bond motifs is 5. The van der Waals surface area contributed by atoms with Crippen molar-refractivity contribution in [2.45, 2.75) is 18.9 Å². The second-order valence-corrected chi connectivity index (χ2v) is 6.41. The highest BCUT2D eigenvalue weighted by Gasteiger charge is 2.41. The van der Waals surface area contributed by atoms with Crippen LogP contribution in [0.1, 0.15) is 24.4 Å². The number of nitrogens with zero attached hydrogens (tertiary/aromatic N) is 1. The number of carbonyl (C=O) groups is 1. The minimum atomic E-state index is -0.764. The molecule has 5 heteroatoms. The molecule has 118 valence electrons. The number of ether oxygens (including phenoxy) is 1. The third kappa shape index (κ3) is 2.34. The summed E-state index contributed by atoms with van der Waals surface area (Å²) in [7, 11) is 0. The van der Waals surface area contributed by atoms with Gasteiger partial charge in [0.1, 0.15) is 5.75 Å². The van der Waals surface area contributed by atoms with Gasteiger partial charge in [0.25, 0.3) is 0 Å². The van der Waals surface area contributed by atoms with Gasteiger partial charge < -0.3 is 14.7 Å². The molecule has 2 aromatic carbocycles. The van der Waals surface area contributed by atoms with Gasteiger partial charge in [0, 0.05) is 17.1 Å². The lowest BCUT2D eigenvalue weighted by atomic mass is 9.84. The molecule has 2 unspecified atom stereocenters.